The Morgan fingerprint density at radius 3 is 2.37 bits per heavy atom. The summed E-state index contributed by atoms with van der Waals surface area (Å²) in [5.41, 5.74) is 0.224. The normalized spacial score (nSPS) is 11.2. The van der Waals surface area contributed by atoms with Crippen LogP contribution in [0.3, 0.4) is 0 Å². The second-order valence-corrected chi connectivity index (χ2v) is 7.00. The van der Waals surface area contributed by atoms with Crippen molar-refractivity contribution in [2.45, 2.75) is 19.3 Å². The third-order valence-corrected chi connectivity index (χ3v) is 4.29. The van der Waals surface area contributed by atoms with Crippen molar-refractivity contribution in [2.75, 3.05) is 57.8 Å². The van der Waals surface area contributed by atoms with E-state index in [-0.39, 0.29) is 17.3 Å². The Hall–Kier alpha value is -3.36. The van der Waals surface area contributed by atoms with Crippen molar-refractivity contribution in [1.29, 1.82) is 0 Å². The van der Waals surface area contributed by atoms with Gasteiger partial charge in [0.2, 0.25) is 5.82 Å². The van der Waals surface area contributed by atoms with Crippen LogP contribution in [0.5, 0.6) is 5.75 Å². The number of halogens is 3. The third-order valence-electron chi connectivity index (χ3n) is 4.29. The number of anilines is 2. The summed E-state index contributed by atoms with van der Waals surface area (Å²) in [6.07, 6.45) is -2.74. The van der Waals surface area contributed by atoms with Gasteiger partial charge in [-0.1, -0.05) is 0 Å². The van der Waals surface area contributed by atoms with Gasteiger partial charge in [0.1, 0.15) is 5.75 Å². The lowest BCUT2D eigenvalue weighted by atomic mass is 10.3. The van der Waals surface area contributed by atoms with Crippen molar-refractivity contribution in [1.82, 2.24) is 14.9 Å². The monoisotopic (exact) mass is 503 g/mol. The molecular weight excluding hydrogens is 475 g/mol. The number of imidazole rings is 1. The second kappa shape index (κ2) is 14.1. The second-order valence-electron chi connectivity index (χ2n) is 7.00. The molecule has 0 spiro atoms. The number of ether oxygens (including phenoxy) is 4. The molecule has 0 aliphatic carbocycles. The summed E-state index contributed by atoms with van der Waals surface area (Å²) in [7, 11) is 3.09. The molecule has 0 saturated heterocycles. The first-order chi connectivity index (χ1) is 16.7. The molecule has 0 bridgehead atoms. The lowest BCUT2D eigenvalue weighted by Crippen LogP contribution is -2.28. The summed E-state index contributed by atoms with van der Waals surface area (Å²) in [6, 6.07) is 3.92. The Balaban J connectivity index is 1.92. The van der Waals surface area contributed by atoms with Gasteiger partial charge in [0.25, 0.3) is 5.91 Å². The molecule has 35 heavy (non-hydrogen) atoms. The van der Waals surface area contributed by atoms with Crippen molar-refractivity contribution in [3.63, 3.8) is 0 Å². The van der Waals surface area contributed by atoms with Crippen molar-refractivity contribution >= 4 is 23.4 Å². The highest BCUT2D eigenvalue weighted by molar-refractivity contribution is 5.99. The minimum absolute atomic E-state index is 0.0753. The van der Waals surface area contributed by atoms with E-state index in [1.165, 1.54) is 30.0 Å². The lowest BCUT2D eigenvalue weighted by Gasteiger charge is -2.10. The fourth-order valence-electron chi connectivity index (χ4n) is 2.74. The molecule has 0 unspecified atom stereocenters. The zero-order chi connectivity index (χ0) is 25.7. The zero-order valence-corrected chi connectivity index (χ0v) is 19.3. The molecule has 14 heteroatoms. The highest BCUT2D eigenvalue weighted by Gasteiger charge is 2.31. The molecule has 194 valence electrons. The first-order valence-corrected chi connectivity index (χ1v) is 10.6. The maximum absolute atomic E-state index is 12.6. The van der Waals surface area contributed by atoms with Gasteiger partial charge >= 0.3 is 12.4 Å². The fourth-order valence-corrected chi connectivity index (χ4v) is 2.74. The number of nitrogens with zero attached hydrogens (tertiary/aromatic N) is 2. The molecule has 0 aliphatic rings. The number of methoxy groups -OCH3 is 2. The summed E-state index contributed by atoms with van der Waals surface area (Å²) in [4.78, 5) is 29.0. The molecule has 0 aliphatic heterocycles. The summed E-state index contributed by atoms with van der Waals surface area (Å²) in [5.74, 6) is -0.681. The van der Waals surface area contributed by atoms with Crippen LogP contribution in [0.15, 0.2) is 30.5 Å². The van der Waals surface area contributed by atoms with Gasteiger partial charge < -0.3 is 34.1 Å². The van der Waals surface area contributed by atoms with Gasteiger partial charge in [-0.15, -0.1) is 13.2 Å². The number of amides is 3. The predicted molar refractivity (Wildman–Crippen MR) is 120 cm³/mol. The van der Waals surface area contributed by atoms with E-state index in [0.29, 0.717) is 45.9 Å². The maximum Gasteiger partial charge on any atom is 0.573 e. The average molecular weight is 503 g/mol. The Morgan fingerprint density at radius 1 is 1.00 bits per heavy atom. The fraction of sp³-hybridized carbons (Fsp3) is 0.476. The van der Waals surface area contributed by atoms with Crippen LogP contribution in [0.1, 0.15) is 17.0 Å². The lowest BCUT2D eigenvalue weighted by molar-refractivity contribution is -0.274. The molecule has 11 nitrogen and oxygen atoms in total. The zero-order valence-electron chi connectivity index (χ0n) is 19.3. The third kappa shape index (κ3) is 10.6. The van der Waals surface area contributed by atoms with Gasteiger partial charge in [-0.3, -0.25) is 10.1 Å². The standard InChI is InChI=1S/C21H28F3N5O6/c1-32-11-9-29-14-17(27-18(29)19(30)25-8-3-10-34-13-12-33-2)28-20(31)26-15-4-6-16(7-5-15)35-21(22,23)24/h4-7,14H,3,8-13H2,1-2H3,(H,25,30)(H2,26,28,31). The highest BCUT2D eigenvalue weighted by Crippen LogP contribution is 2.24. The van der Waals surface area contributed by atoms with Gasteiger partial charge in [0, 0.05) is 45.8 Å². The molecule has 2 aromatic rings. The molecule has 0 atom stereocenters. The van der Waals surface area contributed by atoms with E-state index in [2.05, 4.69) is 25.7 Å². The summed E-state index contributed by atoms with van der Waals surface area (Å²) in [5, 5.41) is 7.69. The van der Waals surface area contributed by atoms with Gasteiger partial charge in [0.15, 0.2) is 5.82 Å². The first-order valence-electron chi connectivity index (χ1n) is 10.6. The molecule has 0 saturated carbocycles. The smallest absolute Gasteiger partial charge is 0.406 e. The number of rotatable bonds is 14. The van der Waals surface area contributed by atoms with Crippen molar-refractivity contribution in [2.24, 2.45) is 0 Å². The molecule has 0 radical (unpaired) electrons. The largest absolute Gasteiger partial charge is 0.573 e. The van der Waals surface area contributed by atoms with E-state index in [0.717, 1.165) is 12.1 Å². The van der Waals surface area contributed by atoms with Crippen LogP contribution in [-0.4, -0.2) is 75.0 Å². The van der Waals surface area contributed by atoms with E-state index in [4.69, 9.17) is 14.2 Å². The number of urea groups is 1. The Kier molecular flexibility index (Phi) is 11.3. The molecule has 1 aromatic heterocycles. The average Bonchev–Trinajstić information content (AvgIpc) is 3.19. The SMILES string of the molecule is COCCOCCCNC(=O)c1nc(NC(=O)Nc2ccc(OC(F)(F)F)cc2)cn1CCOC. The molecule has 3 amide bonds. The number of benzene rings is 1. The van der Waals surface area contributed by atoms with E-state index in [1.807, 2.05) is 0 Å². The van der Waals surface area contributed by atoms with E-state index in [1.54, 1.807) is 7.11 Å². The van der Waals surface area contributed by atoms with Crippen LogP contribution >= 0.6 is 0 Å². The van der Waals surface area contributed by atoms with E-state index >= 15 is 0 Å². The van der Waals surface area contributed by atoms with Crippen molar-refractivity contribution in [3.05, 3.63) is 36.3 Å². The van der Waals surface area contributed by atoms with Crippen molar-refractivity contribution < 1.29 is 41.7 Å². The number of carbonyl (C=O) groups excluding carboxylic acids is 2. The van der Waals surface area contributed by atoms with Crippen LogP contribution < -0.4 is 20.7 Å². The molecule has 0 fully saturated rings. The molecule has 2 rings (SSSR count). The molecule has 1 aromatic carbocycles. The van der Waals surface area contributed by atoms with Gasteiger partial charge in [-0.25, -0.2) is 9.78 Å². The van der Waals surface area contributed by atoms with Crippen LogP contribution in [0.4, 0.5) is 29.5 Å². The predicted octanol–water partition coefficient (Wildman–Crippen LogP) is 2.86. The quantitative estimate of drug-likeness (QED) is 0.339. The molecular formula is C21H28F3N5O6. The van der Waals surface area contributed by atoms with E-state index in [9.17, 15) is 22.8 Å². The maximum atomic E-state index is 12.6. The number of hydrogen-bond donors (Lipinski definition) is 3. The van der Waals surface area contributed by atoms with E-state index < -0.39 is 24.1 Å². The minimum atomic E-state index is -4.81. The van der Waals surface area contributed by atoms with Gasteiger partial charge in [0.05, 0.1) is 19.8 Å². The minimum Gasteiger partial charge on any atom is -0.406 e. The number of hydrogen-bond acceptors (Lipinski definition) is 7. The number of nitrogens with one attached hydrogen (secondary N) is 3. The molecule has 3 N–H and O–H groups in total. The van der Waals surface area contributed by atoms with Crippen LogP contribution in [0.2, 0.25) is 0 Å². The number of aromatic nitrogens is 2. The Bertz CT molecular complexity index is 937. The summed E-state index contributed by atoms with van der Waals surface area (Å²) in [6.45, 7) is 2.40. The van der Waals surface area contributed by atoms with Crippen molar-refractivity contribution in [3.8, 4) is 5.75 Å². The first kappa shape index (κ1) is 27.9. The van der Waals surface area contributed by atoms with Gasteiger partial charge in [-0.2, -0.15) is 0 Å². The number of alkyl halides is 3. The van der Waals surface area contributed by atoms with Gasteiger partial charge in [-0.05, 0) is 30.7 Å². The number of carbonyl (C=O) groups is 2. The Morgan fingerprint density at radius 2 is 1.71 bits per heavy atom. The van der Waals surface area contributed by atoms with Crippen LogP contribution in [0.25, 0.3) is 0 Å². The highest BCUT2D eigenvalue weighted by atomic mass is 19.4. The topological polar surface area (TPSA) is 125 Å². The molecule has 1 heterocycles. The van der Waals surface area contributed by atoms with Crippen LogP contribution in [0, 0.1) is 0 Å². The Labute approximate surface area is 199 Å². The van der Waals surface area contributed by atoms with Crippen LogP contribution in [-0.2, 0) is 20.8 Å². The summed E-state index contributed by atoms with van der Waals surface area (Å²) < 4.78 is 57.3. The summed E-state index contributed by atoms with van der Waals surface area (Å²) >= 11 is 0.